The third kappa shape index (κ3) is 6.91. The number of aliphatic hydroxyl groups is 1. The van der Waals surface area contributed by atoms with Gasteiger partial charge in [0.1, 0.15) is 18.5 Å². The van der Waals surface area contributed by atoms with Gasteiger partial charge in [0.15, 0.2) is 0 Å². The molecule has 0 heterocycles. The summed E-state index contributed by atoms with van der Waals surface area (Å²) in [5, 5.41) is 13.1. The van der Waals surface area contributed by atoms with Crippen molar-refractivity contribution in [3.63, 3.8) is 0 Å². The topological polar surface area (TPSA) is 60.0 Å². The molecule has 0 fully saturated rings. The predicted molar refractivity (Wildman–Crippen MR) is 82.8 cm³/mol. The minimum absolute atomic E-state index is 0.219. The van der Waals surface area contributed by atoms with E-state index in [1.54, 1.807) is 7.11 Å². The molecule has 0 aliphatic rings. The molecule has 0 radical (unpaired) electrons. The molecule has 0 spiro atoms. The van der Waals surface area contributed by atoms with Crippen LogP contribution in [0, 0.1) is 6.92 Å². The van der Waals surface area contributed by atoms with E-state index >= 15 is 0 Å². The van der Waals surface area contributed by atoms with Gasteiger partial charge >= 0.3 is 0 Å². The van der Waals surface area contributed by atoms with Gasteiger partial charge in [-0.05, 0) is 19.0 Å². The number of ether oxygens (including phenoxy) is 3. The second kappa shape index (κ2) is 10.6. The summed E-state index contributed by atoms with van der Waals surface area (Å²) in [7, 11) is 1.62. The maximum Gasteiger partial charge on any atom is 0.126 e. The number of rotatable bonds is 11. The highest BCUT2D eigenvalue weighted by Gasteiger charge is 2.10. The molecular formula is C16H27NO4. The smallest absolute Gasteiger partial charge is 0.126 e. The van der Waals surface area contributed by atoms with Crippen LogP contribution in [0.15, 0.2) is 18.2 Å². The molecule has 0 bridgehead atoms. The third-order valence-corrected chi connectivity index (χ3v) is 3.02. The van der Waals surface area contributed by atoms with Gasteiger partial charge in [0, 0.05) is 19.2 Å². The van der Waals surface area contributed by atoms with Gasteiger partial charge in [-0.1, -0.05) is 25.1 Å². The molecule has 120 valence electrons. The number of nitrogens with one attached hydrogen (secondary N) is 1. The molecule has 0 amide bonds. The lowest BCUT2D eigenvalue weighted by atomic mass is 10.1. The molecule has 0 aromatic heterocycles. The SMILES string of the molecule is CCNCc1cccc(C)c1OCC(O)COCCOC. The molecule has 1 atom stereocenters. The lowest BCUT2D eigenvalue weighted by molar-refractivity contribution is -0.00441. The Morgan fingerprint density at radius 1 is 1.24 bits per heavy atom. The number of hydrogen-bond acceptors (Lipinski definition) is 5. The Morgan fingerprint density at radius 2 is 2.05 bits per heavy atom. The van der Waals surface area contributed by atoms with E-state index < -0.39 is 6.10 Å². The summed E-state index contributed by atoms with van der Waals surface area (Å²) in [6.45, 7) is 7.21. The van der Waals surface area contributed by atoms with E-state index in [-0.39, 0.29) is 13.2 Å². The first-order valence-electron chi connectivity index (χ1n) is 7.35. The fourth-order valence-corrected chi connectivity index (χ4v) is 1.91. The Kier molecular flexibility index (Phi) is 9.01. The zero-order chi connectivity index (χ0) is 15.5. The van der Waals surface area contributed by atoms with Crippen molar-refractivity contribution < 1.29 is 19.3 Å². The van der Waals surface area contributed by atoms with Gasteiger partial charge in [-0.2, -0.15) is 0 Å². The quantitative estimate of drug-likeness (QED) is 0.606. The van der Waals surface area contributed by atoms with E-state index in [2.05, 4.69) is 12.2 Å². The Bertz CT molecular complexity index is 398. The van der Waals surface area contributed by atoms with Crippen LogP contribution in [0.4, 0.5) is 0 Å². The number of methoxy groups -OCH3 is 1. The maximum atomic E-state index is 9.86. The van der Waals surface area contributed by atoms with Crippen LogP contribution in [0.2, 0.25) is 0 Å². The molecular weight excluding hydrogens is 270 g/mol. The van der Waals surface area contributed by atoms with Gasteiger partial charge < -0.3 is 24.6 Å². The summed E-state index contributed by atoms with van der Waals surface area (Å²) in [5.74, 6) is 0.842. The number of hydrogen-bond donors (Lipinski definition) is 2. The second-order valence-electron chi connectivity index (χ2n) is 4.88. The molecule has 2 N–H and O–H groups in total. The number of para-hydroxylation sites is 1. The van der Waals surface area contributed by atoms with Crippen molar-refractivity contribution in [1.29, 1.82) is 0 Å². The van der Waals surface area contributed by atoms with E-state index in [0.29, 0.717) is 13.2 Å². The first-order valence-corrected chi connectivity index (χ1v) is 7.35. The normalized spacial score (nSPS) is 12.4. The maximum absolute atomic E-state index is 9.86. The Hall–Kier alpha value is -1.14. The van der Waals surface area contributed by atoms with Crippen molar-refractivity contribution >= 4 is 0 Å². The largest absolute Gasteiger partial charge is 0.490 e. The highest BCUT2D eigenvalue weighted by atomic mass is 16.5. The minimum atomic E-state index is -0.645. The highest BCUT2D eigenvalue weighted by Crippen LogP contribution is 2.23. The van der Waals surface area contributed by atoms with E-state index in [9.17, 15) is 5.11 Å². The van der Waals surface area contributed by atoms with Crippen LogP contribution in [0.25, 0.3) is 0 Å². The van der Waals surface area contributed by atoms with Crippen LogP contribution in [0.5, 0.6) is 5.75 Å². The van der Waals surface area contributed by atoms with Gasteiger partial charge in [0.25, 0.3) is 0 Å². The van der Waals surface area contributed by atoms with Gasteiger partial charge in [-0.25, -0.2) is 0 Å². The molecule has 21 heavy (non-hydrogen) atoms. The van der Waals surface area contributed by atoms with Crippen LogP contribution in [-0.4, -0.2) is 51.3 Å². The minimum Gasteiger partial charge on any atom is -0.490 e. The summed E-state index contributed by atoms with van der Waals surface area (Å²) >= 11 is 0. The molecule has 1 unspecified atom stereocenters. The lowest BCUT2D eigenvalue weighted by Crippen LogP contribution is -2.25. The molecule has 1 aromatic rings. The molecule has 0 aliphatic heterocycles. The average molecular weight is 297 g/mol. The van der Waals surface area contributed by atoms with E-state index in [1.165, 1.54) is 0 Å². The summed E-state index contributed by atoms with van der Waals surface area (Å²) in [4.78, 5) is 0. The average Bonchev–Trinajstić information content (AvgIpc) is 2.48. The van der Waals surface area contributed by atoms with Gasteiger partial charge in [0.2, 0.25) is 0 Å². The van der Waals surface area contributed by atoms with Crippen molar-refractivity contribution in [2.45, 2.75) is 26.5 Å². The van der Waals surface area contributed by atoms with E-state index in [1.807, 2.05) is 25.1 Å². The summed E-state index contributed by atoms with van der Waals surface area (Å²) < 4.78 is 15.9. The number of aliphatic hydroxyl groups excluding tert-OH is 1. The molecule has 0 saturated heterocycles. The first kappa shape index (κ1) is 17.9. The van der Waals surface area contributed by atoms with Crippen molar-refractivity contribution in [3.8, 4) is 5.75 Å². The standard InChI is InChI=1S/C16H27NO4/c1-4-17-10-14-7-5-6-13(2)16(14)21-12-15(18)11-20-9-8-19-3/h5-7,15,17-18H,4,8-12H2,1-3H3. The monoisotopic (exact) mass is 297 g/mol. The van der Waals surface area contributed by atoms with Crippen molar-refractivity contribution in [3.05, 3.63) is 29.3 Å². The molecule has 1 aromatic carbocycles. The van der Waals surface area contributed by atoms with Crippen LogP contribution in [0.3, 0.4) is 0 Å². The van der Waals surface area contributed by atoms with Crippen molar-refractivity contribution in [2.75, 3.05) is 40.1 Å². The van der Waals surface area contributed by atoms with Crippen LogP contribution >= 0.6 is 0 Å². The second-order valence-corrected chi connectivity index (χ2v) is 4.88. The number of benzene rings is 1. The Morgan fingerprint density at radius 3 is 2.76 bits per heavy atom. The molecule has 5 nitrogen and oxygen atoms in total. The Labute approximate surface area is 127 Å². The Balaban J connectivity index is 2.46. The van der Waals surface area contributed by atoms with E-state index in [0.717, 1.165) is 30.0 Å². The predicted octanol–water partition coefficient (Wildman–Crippen LogP) is 1.51. The third-order valence-electron chi connectivity index (χ3n) is 3.02. The van der Waals surface area contributed by atoms with Crippen LogP contribution in [0.1, 0.15) is 18.1 Å². The lowest BCUT2D eigenvalue weighted by Gasteiger charge is -2.17. The van der Waals surface area contributed by atoms with Crippen LogP contribution < -0.4 is 10.1 Å². The molecule has 0 saturated carbocycles. The number of aryl methyl sites for hydroxylation is 1. The van der Waals surface area contributed by atoms with Gasteiger partial charge in [0.05, 0.1) is 19.8 Å². The molecule has 5 heteroatoms. The summed E-state index contributed by atoms with van der Waals surface area (Å²) in [6, 6.07) is 6.05. The van der Waals surface area contributed by atoms with Crippen LogP contribution in [-0.2, 0) is 16.0 Å². The zero-order valence-corrected chi connectivity index (χ0v) is 13.2. The van der Waals surface area contributed by atoms with Crippen molar-refractivity contribution in [2.24, 2.45) is 0 Å². The van der Waals surface area contributed by atoms with E-state index in [4.69, 9.17) is 14.2 Å². The summed E-state index contributed by atoms with van der Waals surface area (Å²) in [5.41, 5.74) is 2.17. The van der Waals surface area contributed by atoms with Gasteiger partial charge in [-0.3, -0.25) is 0 Å². The molecule has 1 rings (SSSR count). The first-order chi connectivity index (χ1) is 10.2. The summed E-state index contributed by atoms with van der Waals surface area (Å²) in [6.07, 6.45) is -0.645. The van der Waals surface area contributed by atoms with Crippen molar-refractivity contribution in [1.82, 2.24) is 5.32 Å². The highest BCUT2D eigenvalue weighted by molar-refractivity contribution is 5.40. The fourth-order valence-electron chi connectivity index (χ4n) is 1.91. The fraction of sp³-hybridized carbons (Fsp3) is 0.625. The zero-order valence-electron chi connectivity index (χ0n) is 13.2. The molecule has 0 aliphatic carbocycles. The van der Waals surface area contributed by atoms with Gasteiger partial charge in [-0.15, -0.1) is 0 Å².